The molecule has 0 spiro atoms. The number of alkyl halides is 3. The van der Waals surface area contributed by atoms with Crippen LogP contribution in [0.5, 0.6) is 0 Å². The van der Waals surface area contributed by atoms with Gasteiger partial charge in [0.25, 0.3) is 0 Å². The number of halogens is 3. The Balaban J connectivity index is 1.53. The number of hydrogen-bond donors (Lipinski definition) is 2. The van der Waals surface area contributed by atoms with Gasteiger partial charge in [0, 0.05) is 34.9 Å². The SMILES string of the molecule is FC(F)(F)c1cccc(Cn2cc(/C=N/NC(=S)Nc3ccccc3)c3ccccc32)c1. The zero-order valence-electron chi connectivity index (χ0n) is 16.8. The van der Waals surface area contributed by atoms with Crippen molar-refractivity contribution in [3.8, 4) is 0 Å². The fourth-order valence-electron chi connectivity index (χ4n) is 3.39. The van der Waals surface area contributed by atoms with Crippen molar-refractivity contribution in [3.05, 3.63) is 102 Å². The summed E-state index contributed by atoms with van der Waals surface area (Å²) in [6.45, 7) is 0.305. The first-order valence-corrected chi connectivity index (χ1v) is 10.2. The molecule has 32 heavy (non-hydrogen) atoms. The summed E-state index contributed by atoms with van der Waals surface area (Å²) >= 11 is 5.25. The summed E-state index contributed by atoms with van der Waals surface area (Å²) in [5.74, 6) is 0. The fourth-order valence-corrected chi connectivity index (χ4v) is 3.56. The number of aromatic nitrogens is 1. The average Bonchev–Trinajstić information content (AvgIpc) is 3.11. The molecule has 2 N–H and O–H groups in total. The van der Waals surface area contributed by atoms with Gasteiger partial charge in [0.1, 0.15) is 0 Å². The van der Waals surface area contributed by atoms with Crippen LogP contribution in [-0.4, -0.2) is 15.9 Å². The molecule has 0 saturated carbocycles. The highest BCUT2D eigenvalue weighted by Gasteiger charge is 2.30. The molecule has 0 aliphatic rings. The van der Waals surface area contributed by atoms with E-state index in [0.29, 0.717) is 17.2 Å². The summed E-state index contributed by atoms with van der Waals surface area (Å²) < 4.78 is 41.1. The van der Waals surface area contributed by atoms with Crippen LogP contribution in [0.25, 0.3) is 10.9 Å². The lowest BCUT2D eigenvalue weighted by atomic mass is 10.1. The quantitative estimate of drug-likeness (QED) is 0.221. The number of thiocarbonyl (C=S) groups is 1. The lowest BCUT2D eigenvalue weighted by Crippen LogP contribution is -2.23. The minimum atomic E-state index is -4.37. The van der Waals surface area contributed by atoms with Crippen molar-refractivity contribution in [3.63, 3.8) is 0 Å². The largest absolute Gasteiger partial charge is 0.416 e. The van der Waals surface area contributed by atoms with Gasteiger partial charge in [-0.05, 0) is 48.1 Å². The first kappa shape index (κ1) is 21.6. The number of para-hydroxylation sites is 2. The number of benzene rings is 3. The number of nitrogens with zero attached hydrogens (tertiary/aromatic N) is 2. The zero-order chi connectivity index (χ0) is 22.6. The molecule has 4 aromatic rings. The Kier molecular flexibility index (Phi) is 6.23. The molecule has 4 rings (SSSR count). The van der Waals surface area contributed by atoms with Crippen LogP contribution in [-0.2, 0) is 12.7 Å². The minimum absolute atomic E-state index is 0.305. The average molecular weight is 453 g/mol. The number of hydrogen-bond acceptors (Lipinski definition) is 2. The standard InChI is InChI=1S/C24H19F3N4S/c25-24(26,27)19-8-6-7-17(13-19)15-31-16-18(21-11-4-5-12-22(21)31)14-28-30-23(32)29-20-9-2-1-3-10-20/h1-14,16H,15H2,(H2,29,30,32)/b28-14+. The van der Waals surface area contributed by atoms with Crippen molar-refractivity contribution in [2.45, 2.75) is 12.7 Å². The highest BCUT2D eigenvalue weighted by Crippen LogP contribution is 2.30. The van der Waals surface area contributed by atoms with Gasteiger partial charge >= 0.3 is 6.18 Å². The van der Waals surface area contributed by atoms with Crippen LogP contribution < -0.4 is 10.7 Å². The molecule has 0 aliphatic heterocycles. The predicted octanol–water partition coefficient (Wildman–Crippen LogP) is 6.03. The van der Waals surface area contributed by atoms with Gasteiger partial charge in [-0.15, -0.1) is 0 Å². The summed E-state index contributed by atoms with van der Waals surface area (Å²) in [6.07, 6.45) is -0.863. The second kappa shape index (κ2) is 9.23. The lowest BCUT2D eigenvalue weighted by molar-refractivity contribution is -0.137. The third kappa shape index (κ3) is 5.15. The molecule has 0 amide bonds. The van der Waals surface area contributed by atoms with E-state index in [1.54, 1.807) is 12.3 Å². The summed E-state index contributed by atoms with van der Waals surface area (Å²) in [4.78, 5) is 0. The highest BCUT2D eigenvalue weighted by atomic mass is 32.1. The van der Waals surface area contributed by atoms with Crippen molar-refractivity contribution in [1.82, 2.24) is 9.99 Å². The highest BCUT2D eigenvalue weighted by molar-refractivity contribution is 7.80. The van der Waals surface area contributed by atoms with E-state index < -0.39 is 11.7 Å². The van der Waals surface area contributed by atoms with E-state index >= 15 is 0 Å². The van der Waals surface area contributed by atoms with Crippen LogP contribution in [0.1, 0.15) is 16.7 Å². The molecule has 0 radical (unpaired) electrons. The molecule has 162 valence electrons. The Morgan fingerprint density at radius 3 is 2.50 bits per heavy atom. The predicted molar refractivity (Wildman–Crippen MR) is 126 cm³/mol. The van der Waals surface area contributed by atoms with Gasteiger partial charge in [-0.25, -0.2) is 0 Å². The number of anilines is 1. The number of hydrazone groups is 1. The molecule has 1 heterocycles. The third-order valence-corrected chi connectivity index (χ3v) is 5.02. The monoisotopic (exact) mass is 452 g/mol. The molecule has 0 saturated heterocycles. The molecule has 0 unspecified atom stereocenters. The number of rotatable bonds is 5. The first-order chi connectivity index (χ1) is 15.4. The number of fused-ring (bicyclic) bond motifs is 1. The zero-order valence-corrected chi connectivity index (χ0v) is 17.6. The third-order valence-electron chi connectivity index (χ3n) is 4.83. The Hall–Kier alpha value is -3.65. The van der Waals surface area contributed by atoms with Gasteiger partial charge in [-0.2, -0.15) is 18.3 Å². The molecule has 0 atom stereocenters. The van der Waals surface area contributed by atoms with Crippen LogP contribution in [0.4, 0.5) is 18.9 Å². The summed E-state index contributed by atoms with van der Waals surface area (Å²) in [5, 5.41) is 8.53. The Morgan fingerprint density at radius 2 is 1.72 bits per heavy atom. The van der Waals surface area contributed by atoms with Crippen molar-refractivity contribution < 1.29 is 13.2 Å². The van der Waals surface area contributed by atoms with E-state index in [1.165, 1.54) is 12.1 Å². The molecule has 0 aliphatic carbocycles. The van der Waals surface area contributed by atoms with Crippen LogP contribution in [0, 0.1) is 0 Å². The van der Waals surface area contributed by atoms with E-state index in [9.17, 15) is 13.2 Å². The van der Waals surface area contributed by atoms with Crippen molar-refractivity contribution in [2.75, 3.05) is 5.32 Å². The topological polar surface area (TPSA) is 41.4 Å². The summed E-state index contributed by atoms with van der Waals surface area (Å²) in [7, 11) is 0. The van der Waals surface area contributed by atoms with E-state index in [1.807, 2.05) is 65.4 Å². The van der Waals surface area contributed by atoms with Crippen molar-refractivity contribution in [1.29, 1.82) is 0 Å². The molecule has 8 heteroatoms. The van der Waals surface area contributed by atoms with E-state index in [4.69, 9.17) is 12.2 Å². The molecule has 4 nitrogen and oxygen atoms in total. The first-order valence-electron chi connectivity index (χ1n) is 9.79. The molecule has 0 fully saturated rings. The normalized spacial score (nSPS) is 11.7. The van der Waals surface area contributed by atoms with Gasteiger partial charge in [0.15, 0.2) is 5.11 Å². The van der Waals surface area contributed by atoms with Gasteiger partial charge in [-0.3, -0.25) is 5.43 Å². The van der Waals surface area contributed by atoms with Crippen LogP contribution in [0.15, 0.2) is 90.2 Å². The van der Waals surface area contributed by atoms with Crippen LogP contribution in [0.3, 0.4) is 0 Å². The van der Waals surface area contributed by atoms with Gasteiger partial charge in [0.2, 0.25) is 0 Å². The second-order valence-corrected chi connectivity index (χ2v) is 7.53. The van der Waals surface area contributed by atoms with Crippen molar-refractivity contribution >= 4 is 40.1 Å². The van der Waals surface area contributed by atoms with Crippen LogP contribution >= 0.6 is 12.2 Å². The maximum absolute atomic E-state index is 13.1. The summed E-state index contributed by atoms with van der Waals surface area (Å²) in [5.41, 5.74) is 5.26. The molecular formula is C24H19F3N4S. The van der Waals surface area contributed by atoms with E-state index in [0.717, 1.165) is 28.2 Å². The maximum atomic E-state index is 13.1. The molecule has 0 bridgehead atoms. The van der Waals surface area contributed by atoms with Crippen LogP contribution in [0.2, 0.25) is 0 Å². The van der Waals surface area contributed by atoms with Gasteiger partial charge in [0.05, 0.1) is 11.8 Å². The Morgan fingerprint density at radius 1 is 0.969 bits per heavy atom. The fraction of sp³-hybridized carbons (Fsp3) is 0.0833. The molecule has 1 aromatic heterocycles. The number of nitrogens with one attached hydrogen (secondary N) is 2. The minimum Gasteiger partial charge on any atom is -0.342 e. The molecule has 3 aromatic carbocycles. The Labute approximate surface area is 188 Å². The smallest absolute Gasteiger partial charge is 0.342 e. The Bertz CT molecular complexity index is 1260. The van der Waals surface area contributed by atoms with Gasteiger partial charge < -0.3 is 9.88 Å². The van der Waals surface area contributed by atoms with E-state index in [2.05, 4.69) is 15.8 Å². The molecular weight excluding hydrogens is 433 g/mol. The van der Waals surface area contributed by atoms with Crippen molar-refractivity contribution in [2.24, 2.45) is 5.10 Å². The second-order valence-electron chi connectivity index (χ2n) is 7.12. The summed E-state index contributed by atoms with van der Waals surface area (Å²) in [6, 6.07) is 22.5. The van der Waals surface area contributed by atoms with Gasteiger partial charge in [-0.1, -0.05) is 48.5 Å². The maximum Gasteiger partial charge on any atom is 0.416 e. The van der Waals surface area contributed by atoms with E-state index in [-0.39, 0.29) is 0 Å². The lowest BCUT2D eigenvalue weighted by Gasteiger charge is -2.10.